The standard InChI is InChI=1S/C14H20BrClN2O/c1-14(5-2-6-19-14)9-18-13(8-17)10-3-4-12(16)11(15)7-10/h3-4,7,13,18H,2,5-6,8-9,17H2,1H3. The van der Waals surface area contributed by atoms with Gasteiger partial charge in [-0.3, -0.25) is 0 Å². The lowest BCUT2D eigenvalue weighted by molar-refractivity contribution is 0.0189. The van der Waals surface area contributed by atoms with E-state index in [1.54, 1.807) is 0 Å². The van der Waals surface area contributed by atoms with Crippen LogP contribution in [0.25, 0.3) is 0 Å². The van der Waals surface area contributed by atoms with Crippen molar-refractivity contribution in [1.29, 1.82) is 0 Å². The molecule has 0 amide bonds. The minimum atomic E-state index is -0.0585. The van der Waals surface area contributed by atoms with Gasteiger partial charge >= 0.3 is 0 Å². The summed E-state index contributed by atoms with van der Waals surface area (Å²) in [4.78, 5) is 0. The fourth-order valence-corrected chi connectivity index (χ4v) is 2.90. The topological polar surface area (TPSA) is 47.3 Å². The average Bonchev–Trinajstić information content (AvgIpc) is 2.81. The highest BCUT2D eigenvalue weighted by atomic mass is 79.9. The molecule has 2 unspecified atom stereocenters. The van der Waals surface area contributed by atoms with Gasteiger partial charge in [-0.15, -0.1) is 0 Å². The van der Waals surface area contributed by atoms with E-state index >= 15 is 0 Å². The van der Waals surface area contributed by atoms with Crippen molar-refractivity contribution in [2.75, 3.05) is 19.7 Å². The van der Waals surface area contributed by atoms with Crippen molar-refractivity contribution in [3.8, 4) is 0 Å². The predicted molar refractivity (Wildman–Crippen MR) is 82.5 cm³/mol. The zero-order valence-electron chi connectivity index (χ0n) is 11.1. The molecule has 0 aromatic heterocycles. The Bertz CT molecular complexity index is 435. The lowest BCUT2D eigenvalue weighted by Crippen LogP contribution is -2.41. The van der Waals surface area contributed by atoms with Gasteiger partial charge in [0, 0.05) is 30.2 Å². The van der Waals surface area contributed by atoms with Crippen molar-refractivity contribution < 1.29 is 4.74 Å². The van der Waals surface area contributed by atoms with Crippen LogP contribution in [-0.2, 0) is 4.74 Å². The molecular weight excluding hydrogens is 328 g/mol. The van der Waals surface area contributed by atoms with E-state index in [9.17, 15) is 0 Å². The van der Waals surface area contributed by atoms with E-state index in [4.69, 9.17) is 22.1 Å². The summed E-state index contributed by atoms with van der Waals surface area (Å²) in [7, 11) is 0. The van der Waals surface area contributed by atoms with E-state index in [0.717, 1.165) is 36.0 Å². The Hall–Kier alpha value is -0.130. The van der Waals surface area contributed by atoms with Crippen molar-refractivity contribution in [1.82, 2.24) is 5.32 Å². The Kier molecular flexibility index (Phi) is 5.26. The van der Waals surface area contributed by atoms with Gasteiger partial charge < -0.3 is 15.8 Å². The number of nitrogens with two attached hydrogens (primary N) is 1. The van der Waals surface area contributed by atoms with Crippen LogP contribution < -0.4 is 11.1 Å². The molecule has 1 heterocycles. The Morgan fingerprint density at radius 2 is 2.37 bits per heavy atom. The molecule has 0 saturated carbocycles. The summed E-state index contributed by atoms with van der Waals surface area (Å²) >= 11 is 9.46. The van der Waals surface area contributed by atoms with Gasteiger partial charge in [-0.2, -0.15) is 0 Å². The van der Waals surface area contributed by atoms with Gasteiger partial charge in [0.25, 0.3) is 0 Å². The lowest BCUT2D eigenvalue weighted by Gasteiger charge is -2.27. The van der Waals surface area contributed by atoms with Gasteiger partial charge in [0.2, 0.25) is 0 Å². The minimum absolute atomic E-state index is 0.0585. The first-order chi connectivity index (χ1) is 9.04. The highest BCUT2D eigenvalue weighted by molar-refractivity contribution is 9.10. The fourth-order valence-electron chi connectivity index (χ4n) is 2.38. The molecular formula is C14H20BrClN2O. The van der Waals surface area contributed by atoms with Crippen LogP contribution in [0.1, 0.15) is 31.4 Å². The summed E-state index contributed by atoms with van der Waals surface area (Å²) in [6, 6.07) is 6.04. The van der Waals surface area contributed by atoms with Crippen LogP contribution in [0.3, 0.4) is 0 Å². The first-order valence-electron chi connectivity index (χ1n) is 6.56. The zero-order valence-corrected chi connectivity index (χ0v) is 13.4. The van der Waals surface area contributed by atoms with Crippen molar-refractivity contribution >= 4 is 27.5 Å². The molecule has 2 rings (SSSR count). The number of ether oxygens (including phenoxy) is 1. The smallest absolute Gasteiger partial charge is 0.0779 e. The van der Waals surface area contributed by atoms with Crippen molar-refractivity contribution in [2.24, 2.45) is 5.73 Å². The first-order valence-corrected chi connectivity index (χ1v) is 7.73. The highest BCUT2D eigenvalue weighted by Gasteiger charge is 2.30. The third kappa shape index (κ3) is 3.92. The van der Waals surface area contributed by atoms with Gasteiger partial charge in [0.1, 0.15) is 0 Å². The quantitative estimate of drug-likeness (QED) is 0.859. The molecule has 1 aliphatic heterocycles. The molecule has 1 saturated heterocycles. The third-order valence-corrected chi connectivity index (χ3v) is 4.82. The van der Waals surface area contributed by atoms with Crippen LogP contribution in [-0.4, -0.2) is 25.3 Å². The van der Waals surface area contributed by atoms with E-state index in [1.807, 2.05) is 18.2 Å². The first kappa shape index (κ1) is 15.3. The summed E-state index contributed by atoms with van der Waals surface area (Å²) in [5, 5.41) is 4.21. The van der Waals surface area contributed by atoms with Crippen LogP contribution >= 0.6 is 27.5 Å². The summed E-state index contributed by atoms with van der Waals surface area (Å²) in [5.41, 5.74) is 6.95. The number of halogens is 2. The van der Waals surface area contributed by atoms with E-state index in [1.165, 1.54) is 0 Å². The number of nitrogens with one attached hydrogen (secondary N) is 1. The summed E-state index contributed by atoms with van der Waals surface area (Å²) in [6.07, 6.45) is 2.24. The Morgan fingerprint density at radius 1 is 1.58 bits per heavy atom. The predicted octanol–water partition coefficient (Wildman–Crippen LogP) is 3.26. The molecule has 0 spiro atoms. The summed E-state index contributed by atoms with van der Waals surface area (Å²) < 4.78 is 6.68. The van der Waals surface area contributed by atoms with Gasteiger partial charge in [-0.25, -0.2) is 0 Å². The van der Waals surface area contributed by atoms with Gasteiger partial charge in [-0.1, -0.05) is 17.7 Å². The molecule has 5 heteroatoms. The van der Waals surface area contributed by atoms with Crippen molar-refractivity contribution in [2.45, 2.75) is 31.4 Å². The maximum atomic E-state index is 6.01. The zero-order chi connectivity index (χ0) is 13.9. The Balaban J connectivity index is 2.01. The van der Waals surface area contributed by atoms with E-state index in [2.05, 4.69) is 28.2 Å². The van der Waals surface area contributed by atoms with E-state index < -0.39 is 0 Å². The molecule has 1 aromatic rings. The number of rotatable bonds is 5. The SMILES string of the molecule is CC1(CNC(CN)c2ccc(Cl)c(Br)c2)CCCO1. The van der Waals surface area contributed by atoms with Crippen LogP contribution in [0.4, 0.5) is 0 Å². The Morgan fingerprint density at radius 3 is 2.95 bits per heavy atom. The van der Waals surface area contributed by atoms with E-state index in [0.29, 0.717) is 11.6 Å². The molecule has 3 N–H and O–H groups in total. The molecule has 3 nitrogen and oxygen atoms in total. The number of benzene rings is 1. The largest absolute Gasteiger partial charge is 0.374 e. The fraction of sp³-hybridized carbons (Fsp3) is 0.571. The summed E-state index contributed by atoms with van der Waals surface area (Å²) in [5.74, 6) is 0. The van der Waals surface area contributed by atoms with Crippen molar-refractivity contribution in [3.05, 3.63) is 33.3 Å². The molecule has 106 valence electrons. The normalized spacial score (nSPS) is 24.6. The number of hydrogen-bond acceptors (Lipinski definition) is 3. The third-order valence-electron chi connectivity index (χ3n) is 3.60. The van der Waals surface area contributed by atoms with Crippen LogP contribution in [0.5, 0.6) is 0 Å². The second kappa shape index (κ2) is 6.55. The van der Waals surface area contributed by atoms with Gasteiger partial charge in [-0.05, 0) is 53.4 Å². The second-order valence-corrected chi connectivity index (χ2v) is 6.51. The minimum Gasteiger partial charge on any atom is -0.374 e. The number of hydrogen-bond donors (Lipinski definition) is 2. The maximum absolute atomic E-state index is 6.01. The van der Waals surface area contributed by atoms with Crippen molar-refractivity contribution in [3.63, 3.8) is 0 Å². The molecule has 0 bridgehead atoms. The van der Waals surface area contributed by atoms with Gasteiger partial charge in [0.05, 0.1) is 10.6 Å². The lowest BCUT2D eigenvalue weighted by atomic mass is 10.0. The van der Waals surface area contributed by atoms with Crippen LogP contribution in [0, 0.1) is 0 Å². The monoisotopic (exact) mass is 346 g/mol. The molecule has 1 fully saturated rings. The van der Waals surface area contributed by atoms with Gasteiger partial charge in [0.15, 0.2) is 0 Å². The molecule has 0 radical (unpaired) electrons. The molecule has 2 atom stereocenters. The van der Waals surface area contributed by atoms with E-state index in [-0.39, 0.29) is 11.6 Å². The highest BCUT2D eigenvalue weighted by Crippen LogP contribution is 2.28. The second-order valence-electron chi connectivity index (χ2n) is 5.24. The molecule has 1 aliphatic rings. The van der Waals surface area contributed by atoms with Crippen LogP contribution in [0.2, 0.25) is 5.02 Å². The van der Waals surface area contributed by atoms with Crippen LogP contribution in [0.15, 0.2) is 22.7 Å². The Labute approximate surface area is 128 Å². The maximum Gasteiger partial charge on any atom is 0.0779 e. The average molecular weight is 348 g/mol. The molecule has 19 heavy (non-hydrogen) atoms. The molecule has 0 aliphatic carbocycles. The summed E-state index contributed by atoms with van der Waals surface area (Å²) in [6.45, 7) is 4.37. The molecule has 1 aromatic carbocycles.